The second kappa shape index (κ2) is 10.3. The first-order valence-electron chi connectivity index (χ1n) is 2.85. The van der Waals surface area contributed by atoms with Crippen LogP contribution in [-0.4, -0.2) is 36.7 Å². The zero-order valence-electron chi connectivity index (χ0n) is 7.60. The summed E-state index contributed by atoms with van der Waals surface area (Å²) in [5.74, 6) is -3.65. The van der Waals surface area contributed by atoms with Crippen LogP contribution >= 0.6 is 0 Å². The minimum atomic E-state index is -6.00. The van der Waals surface area contributed by atoms with Crippen molar-refractivity contribution in [3.63, 3.8) is 0 Å². The first-order valence-corrected chi connectivity index (χ1v) is 2.85. The molecule has 0 bridgehead atoms. The largest absolute Gasteiger partial charge is 0.673 e. The van der Waals surface area contributed by atoms with Gasteiger partial charge in [0.2, 0.25) is 0 Å². The van der Waals surface area contributed by atoms with Crippen LogP contribution in [0.1, 0.15) is 0 Å². The van der Waals surface area contributed by atoms with Crippen LogP contribution in [0, 0.1) is 0 Å². The Morgan fingerprint density at radius 2 is 0.706 bits per heavy atom. The molecule has 100 valence electrons. The third-order valence-corrected chi connectivity index (χ3v) is 0.183. The van der Waals surface area contributed by atoms with Crippen LogP contribution in [0.3, 0.4) is 0 Å². The zero-order chi connectivity index (χ0) is 14.2. The second-order valence-corrected chi connectivity index (χ2v) is 1.60. The van der Waals surface area contributed by atoms with Gasteiger partial charge in [-0.15, -0.1) is 0 Å². The SMILES string of the molecule is F[B-](F)(F)F.F[B-](F)(F)F.O=C(O)C(=O)O.[Zn]. The quantitative estimate of drug-likeness (QED) is 0.403. The maximum atomic E-state index is 9.75. The predicted octanol–water partition coefficient (Wildman–Crippen LogP) is 1.75. The summed E-state index contributed by atoms with van der Waals surface area (Å²) in [6, 6.07) is 0. The van der Waals surface area contributed by atoms with Crippen molar-refractivity contribution in [3.8, 4) is 0 Å². The van der Waals surface area contributed by atoms with Gasteiger partial charge in [0.25, 0.3) is 0 Å². The molecule has 0 aliphatic heterocycles. The molecule has 0 fully saturated rings. The molecule has 0 amide bonds. The fraction of sp³-hybridized carbons (Fsp3) is 0. The number of carbonyl (C=O) groups is 2. The van der Waals surface area contributed by atoms with E-state index in [1.807, 2.05) is 0 Å². The molecule has 0 rings (SSSR count). The Hall–Kier alpha value is -0.867. The fourth-order valence-corrected chi connectivity index (χ4v) is 0. The van der Waals surface area contributed by atoms with E-state index in [9.17, 15) is 34.5 Å². The maximum absolute atomic E-state index is 9.75. The summed E-state index contributed by atoms with van der Waals surface area (Å²) in [6.07, 6.45) is 0. The molecule has 0 aromatic carbocycles. The van der Waals surface area contributed by atoms with E-state index in [0.29, 0.717) is 0 Å². The Labute approximate surface area is 101 Å². The summed E-state index contributed by atoms with van der Waals surface area (Å²) in [4.78, 5) is 18.2. The van der Waals surface area contributed by atoms with Crippen LogP contribution in [0.5, 0.6) is 0 Å². The third kappa shape index (κ3) is 266. The normalized spacial score (nSPS) is 9.65. The van der Waals surface area contributed by atoms with E-state index in [4.69, 9.17) is 19.8 Å². The van der Waals surface area contributed by atoms with Gasteiger partial charge < -0.3 is 44.7 Å². The standard InChI is InChI=1S/C2H2O4.2BF4.Zn/c3-1(4)2(5)6;2*2-1(3,4)5;/h(H,3,4)(H,5,6);;;/q;2*-1;. The van der Waals surface area contributed by atoms with E-state index in [1.54, 1.807) is 0 Å². The topological polar surface area (TPSA) is 74.6 Å². The van der Waals surface area contributed by atoms with Gasteiger partial charge in [-0.1, -0.05) is 0 Å². The summed E-state index contributed by atoms with van der Waals surface area (Å²) >= 11 is 0. The number of hydrogen-bond acceptors (Lipinski definition) is 2. The molecule has 17 heavy (non-hydrogen) atoms. The van der Waals surface area contributed by atoms with E-state index in [1.165, 1.54) is 0 Å². The molecule has 0 unspecified atom stereocenters. The molecule has 0 atom stereocenters. The molecule has 0 saturated heterocycles. The Kier molecular flexibility index (Phi) is 15.2. The summed E-state index contributed by atoms with van der Waals surface area (Å²) < 4.78 is 78.0. The molecule has 0 aromatic heterocycles. The molecule has 15 heteroatoms. The third-order valence-electron chi connectivity index (χ3n) is 0.183. The average Bonchev–Trinajstić information content (AvgIpc) is 1.77. The minimum absolute atomic E-state index is 0. The Bertz CT molecular complexity index is 191. The van der Waals surface area contributed by atoms with Crippen molar-refractivity contribution in [2.24, 2.45) is 0 Å². The Morgan fingerprint density at radius 3 is 0.706 bits per heavy atom. The van der Waals surface area contributed by atoms with Gasteiger partial charge in [-0.25, -0.2) is 9.59 Å². The molecule has 4 nitrogen and oxygen atoms in total. The van der Waals surface area contributed by atoms with Crippen molar-refractivity contribution in [2.45, 2.75) is 0 Å². The van der Waals surface area contributed by atoms with Gasteiger partial charge in [0.1, 0.15) is 0 Å². The number of carboxylic acid groups (broad SMARTS) is 2. The molecule has 0 radical (unpaired) electrons. The number of halogens is 8. The van der Waals surface area contributed by atoms with Crippen molar-refractivity contribution in [1.29, 1.82) is 0 Å². The van der Waals surface area contributed by atoms with Crippen molar-refractivity contribution in [1.82, 2.24) is 0 Å². The van der Waals surface area contributed by atoms with Crippen molar-refractivity contribution >= 4 is 26.4 Å². The van der Waals surface area contributed by atoms with Crippen molar-refractivity contribution in [2.75, 3.05) is 0 Å². The van der Waals surface area contributed by atoms with Gasteiger partial charge in [0.15, 0.2) is 0 Å². The molecule has 0 aliphatic carbocycles. The smallest absolute Gasteiger partial charge is 0.473 e. The summed E-state index contributed by atoms with van der Waals surface area (Å²) in [7, 11) is -12.0. The van der Waals surface area contributed by atoms with E-state index >= 15 is 0 Å². The van der Waals surface area contributed by atoms with Crippen LogP contribution in [-0.2, 0) is 29.1 Å². The van der Waals surface area contributed by atoms with E-state index < -0.39 is 26.4 Å². The first-order chi connectivity index (χ1) is 6.64. The molecule has 0 saturated carbocycles. The van der Waals surface area contributed by atoms with Crippen LogP contribution in [0.15, 0.2) is 0 Å². The molecule has 0 aromatic rings. The van der Waals surface area contributed by atoms with E-state index in [-0.39, 0.29) is 19.5 Å². The molecular weight excluding hydrogens is 327 g/mol. The van der Waals surface area contributed by atoms with Gasteiger partial charge in [0.05, 0.1) is 0 Å². The molecular formula is C2H2B2F8O4Zn-2. The van der Waals surface area contributed by atoms with Crippen molar-refractivity contribution < 1.29 is 73.8 Å². The Morgan fingerprint density at radius 1 is 0.647 bits per heavy atom. The number of rotatable bonds is 0. The van der Waals surface area contributed by atoms with Crippen molar-refractivity contribution in [3.05, 3.63) is 0 Å². The van der Waals surface area contributed by atoms with Crippen LogP contribution in [0.4, 0.5) is 34.5 Å². The fourth-order valence-electron chi connectivity index (χ4n) is 0. The van der Waals surface area contributed by atoms with Gasteiger partial charge in [0, 0.05) is 19.5 Å². The minimum Gasteiger partial charge on any atom is -0.473 e. The second-order valence-electron chi connectivity index (χ2n) is 1.60. The zero-order valence-corrected chi connectivity index (χ0v) is 10.6. The summed E-state index contributed by atoms with van der Waals surface area (Å²) in [6.45, 7) is 0. The molecule has 2 N–H and O–H groups in total. The first kappa shape index (κ1) is 25.1. The van der Waals surface area contributed by atoms with Crippen LogP contribution < -0.4 is 0 Å². The molecule has 0 heterocycles. The maximum Gasteiger partial charge on any atom is 0.673 e. The summed E-state index contributed by atoms with van der Waals surface area (Å²) in [5, 5.41) is 14.8. The molecule has 0 aliphatic rings. The van der Waals surface area contributed by atoms with Gasteiger partial charge in [-0.3, -0.25) is 0 Å². The number of hydrogen-bond donors (Lipinski definition) is 2. The van der Waals surface area contributed by atoms with Gasteiger partial charge >= 0.3 is 26.4 Å². The number of aliphatic carboxylic acids is 2. The average molecular weight is 329 g/mol. The van der Waals surface area contributed by atoms with Gasteiger partial charge in [-0.2, -0.15) is 0 Å². The predicted molar refractivity (Wildman–Crippen MR) is 35.6 cm³/mol. The van der Waals surface area contributed by atoms with Crippen LogP contribution in [0.25, 0.3) is 0 Å². The molecule has 0 spiro atoms. The van der Waals surface area contributed by atoms with Crippen LogP contribution in [0.2, 0.25) is 0 Å². The monoisotopic (exact) mass is 328 g/mol. The summed E-state index contributed by atoms with van der Waals surface area (Å²) in [5.41, 5.74) is 0. The Balaban J connectivity index is -0.0000000729. The van der Waals surface area contributed by atoms with Gasteiger partial charge in [-0.05, 0) is 0 Å². The van der Waals surface area contributed by atoms with E-state index in [2.05, 4.69) is 0 Å². The van der Waals surface area contributed by atoms with E-state index in [0.717, 1.165) is 0 Å². The number of carboxylic acids is 2.